The molecule has 2 aromatic heterocycles. The zero-order valence-corrected chi connectivity index (χ0v) is 7.14. The topological polar surface area (TPSA) is 68.8 Å². The van der Waals surface area contributed by atoms with E-state index in [1.54, 1.807) is 10.9 Å². The number of nitrogens with zero attached hydrogens (tertiary/aromatic N) is 4. The fourth-order valence-corrected chi connectivity index (χ4v) is 0.991. The van der Waals surface area contributed by atoms with E-state index in [-0.39, 0.29) is 0 Å². The van der Waals surface area contributed by atoms with Gasteiger partial charge in [0.25, 0.3) is 0 Å². The molecule has 0 aliphatic rings. The molecule has 0 unspecified atom stereocenters. The van der Waals surface area contributed by atoms with E-state index in [9.17, 15) is 0 Å². The summed E-state index contributed by atoms with van der Waals surface area (Å²) >= 11 is 0. The molecule has 0 aromatic carbocycles. The van der Waals surface area contributed by atoms with Crippen LogP contribution in [0.2, 0.25) is 0 Å². The molecule has 0 atom stereocenters. The molecular weight excluding hydrogens is 170 g/mol. The number of anilines is 1. The van der Waals surface area contributed by atoms with E-state index in [1.165, 1.54) is 6.39 Å². The Hall–Kier alpha value is -1.85. The van der Waals surface area contributed by atoms with Crippen molar-refractivity contribution >= 4 is 6.01 Å². The third kappa shape index (κ3) is 1.84. The summed E-state index contributed by atoms with van der Waals surface area (Å²) in [6.07, 6.45) is 4.98. The zero-order valence-electron chi connectivity index (χ0n) is 7.14. The molecule has 0 radical (unpaired) electrons. The summed E-state index contributed by atoms with van der Waals surface area (Å²) in [5.41, 5.74) is 1.07. The van der Waals surface area contributed by atoms with Crippen LogP contribution < -0.4 is 5.32 Å². The van der Waals surface area contributed by atoms with Gasteiger partial charge in [0.2, 0.25) is 6.39 Å². The second-order valence-corrected chi connectivity index (χ2v) is 2.62. The third-order valence-electron chi connectivity index (χ3n) is 1.56. The Bertz CT molecular complexity index is 366. The Balaban J connectivity index is 1.93. The molecule has 0 aliphatic heterocycles. The molecule has 13 heavy (non-hydrogen) atoms. The van der Waals surface area contributed by atoms with Crippen LogP contribution in [0.1, 0.15) is 5.56 Å². The Morgan fingerprint density at radius 2 is 2.54 bits per heavy atom. The van der Waals surface area contributed by atoms with Crippen molar-refractivity contribution in [2.45, 2.75) is 6.54 Å². The summed E-state index contributed by atoms with van der Waals surface area (Å²) in [5.74, 6) is 0. The molecule has 0 amide bonds. The number of nitrogens with one attached hydrogen (secondary N) is 1. The van der Waals surface area contributed by atoms with Crippen molar-refractivity contribution < 1.29 is 4.42 Å². The minimum absolute atomic E-state index is 0.420. The van der Waals surface area contributed by atoms with Gasteiger partial charge in [0.05, 0.1) is 6.20 Å². The van der Waals surface area contributed by atoms with Gasteiger partial charge in [-0.2, -0.15) is 5.10 Å². The lowest BCUT2D eigenvalue weighted by Crippen LogP contribution is -1.98. The second-order valence-electron chi connectivity index (χ2n) is 2.62. The third-order valence-corrected chi connectivity index (χ3v) is 1.56. The first kappa shape index (κ1) is 7.78. The molecule has 1 N–H and O–H groups in total. The van der Waals surface area contributed by atoms with Crippen molar-refractivity contribution in [3.05, 3.63) is 24.4 Å². The van der Waals surface area contributed by atoms with E-state index in [4.69, 9.17) is 4.42 Å². The van der Waals surface area contributed by atoms with E-state index >= 15 is 0 Å². The van der Waals surface area contributed by atoms with Gasteiger partial charge in [-0.1, -0.05) is 5.10 Å². The van der Waals surface area contributed by atoms with Gasteiger partial charge in [0.15, 0.2) is 0 Å². The largest absolute Gasteiger partial charge is 0.411 e. The van der Waals surface area contributed by atoms with Gasteiger partial charge in [0, 0.05) is 25.4 Å². The van der Waals surface area contributed by atoms with Crippen molar-refractivity contribution in [3.63, 3.8) is 0 Å². The second kappa shape index (κ2) is 3.26. The quantitative estimate of drug-likeness (QED) is 0.739. The first-order valence-electron chi connectivity index (χ1n) is 3.82. The summed E-state index contributed by atoms with van der Waals surface area (Å²) < 4.78 is 6.64. The van der Waals surface area contributed by atoms with Crippen LogP contribution in [0.3, 0.4) is 0 Å². The predicted octanol–water partition coefficient (Wildman–Crippen LogP) is 0.415. The van der Waals surface area contributed by atoms with Gasteiger partial charge in [-0.25, -0.2) is 0 Å². The SMILES string of the molecule is Cn1cc(CNc2nnco2)cn1. The fraction of sp³-hybridized carbons (Fsp3) is 0.286. The highest BCUT2D eigenvalue weighted by Crippen LogP contribution is 2.02. The van der Waals surface area contributed by atoms with Crippen LogP contribution in [0.4, 0.5) is 6.01 Å². The highest BCUT2D eigenvalue weighted by atomic mass is 16.4. The highest BCUT2D eigenvalue weighted by molar-refractivity contribution is 5.19. The first-order valence-corrected chi connectivity index (χ1v) is 3.82. The lowest BCUT2D eigenvalue weighted by atomic mass is 10.4. The van der Waals surface area contributed by atoms with E-state index in [2.05, 4.69) is 20.6 Å². The van der Waals surface area contributed by atoms with Gasteiger partial charge in [-0.3, -0.25) is 4.68 Å². The maximum absolute atomic E-state index is 4.90. The van der Waals surface area contributed by atoms with E-state index < -0.39 is 0 Å². The summed E-state index contributed by atoms with van der Waals surface area (Å²) in [6.45, 7) is 0.635. The molecule has 2 heterocycles. The molecule has 2 rings (SSSR count). The molecule has 0 saturated heterocycles. The summed E-state index contributed by atoms with van der Waals surface area (Å²) in [6, 6.07) is 0.420. The summed E-state index contributed by atoms with van der Waals surface area (Å²) in [7, 11) is 1.87. The maximum Gasteiger partial charge on any atom is 0.315 e. The highest BCUT2D eigenvalue weighted by Gasteiger charge is 1.98. The van der Waals surface area contributed by atoms with Crippen LogP contribution in [0, 0.1) is 0 Å². The Labute approximate surface area is 74.6 Å². The van der Waals surface area contributed by atoms with Gasteiger partial charge < -0.3 is 9.73 Å². The Morgan fingerprint density at radius 1 is 1.62 bits per heavy atom. The van der Waals surface area contributed by atoms with Crippen molar-refractivity contribution in [2.24, 2.45) is 7.05 Å². The van der Waals surface area contributed by atoms with Crippen molar-refractivity contribution in [2.75, 3.05) is 5.32 Å². The lowest BCUT2D eigenvalue weighted by molar-refractivity contribution is 0.565. The van der Waals surface area contributed by atoms with E-state index in [0.717, 1.165) is 5.56 Å². The average molecular weight is 179 g/mol. The van der Waals surface area contributed by atoms with Gasteiger partial charge in [0.1, 0.15) is 0 Å². The first-order chi connectivity index (χ1) is 6.34. The minimum atomic E-state index is 0.420. The molecule has 68 valence electrons. The van der Waals surface area contributed by atoms with E-state index in [1.807, 2.05) is 13.2 Å². The normalized spacial score (nSPS) is 10.2. The number of aromatic nitrogens is 4. The van der Waals surface area contributed by atoms with Crippen LogP contribution in [-0.4, -0.2) is 20.0 Å². The number of rotatable bonds is 3. The van der Waals surface area contributed by atoms with Gasteiger partial charge in [-0.15, -0.1) is 5.10 Å². The van der Waals surface area contributed by atoms with Gasteiger partial charge in [-0.05, 0) is 0 Å². The van der Waals surface area contributed by atoms with E-state index in [0.29, 0.717) is 12.6 Å². The molecule has 0 aliphatic carbocycles. The molecule has 0 spiro atoms. The predicted molar refractivity (Wildman–Crippen MR) is 44.8 cm³/mol. The molecule has 6 nitrogen and oxygen atoms in total. The summed E-state index contributed by atoms with van der Waals surface area (Å²) in [4.78, 5) is 0. The molecule has 0 saturated carbocycles. The van der Waals surface area contributed by atoms with Crippen LogP contribution in [0.15, 0.2) is 23.2 Å². The number of hydrogen-bond donors (Lipinski definition) is 1. The van der Waals surface area contributed by atoms with Crippen LogP contribution in [0.5, 0.6) is 0 Å². The number of aryl methyl sites for hydroxylation is 1. The Kier molecular flexibility index (Phi) is 1.95. The van der Waals surface area contributed by atoms with Gasteiger partial charge >= 0.3 is 6.01 Å². The number of hydrogen-bond acceptors (Lipinski definition) is 5. The molecule has 6 heteroatoms. The fourth-order valence-electron chi connectivity index (χ4n) is 0.991. The standard InChI is InChI=1S/C7H9N5O/c1-12-4-6(3-10-12)2-8-7-11-9-5-13-7/h3-5H,2H2,1H3,(H,8,11). The Morgan fingerprint density at radius 3 is 3.15 bits per heavy atom. The van der Waals surface area contributed by atoms with Crippen molar-refractivity contribution in [3.8, 4) is 0 Å². The minimum Gasteiger partial charge on any atom is -0.411 e. The monoisotopic (exact) mass is 179 g/mol. The lowest BCUT2D eigenvalue weighted by Gasteiger charge is -1.95. The van der Waals surface area contributed by atoms with Crippen molar-refractivity contribution in [1.29, 1.82) is 0 Å². The van der Waals surface area contributed by atoms with Crippen LogP contribution in [0.25, 0.3) is 0 Å². The van der Waals surface area contributed by atoms with Crippen LogP contribution in [-0.2, 0) is 13.6 Å². The average Bonchev–Trinajstić information content (AvgIpc) is 2.71. The molecule has 0 fully saturated rings. The molecule has 0 bridgehead atoms. The van der Waals surface area contributed by atoms with Crippen LogP contribution >= 0.6 is 0 Å². The molecular formula is C7H9N5O. The molecule has 2 aromatic rings. The smallest absolute Gasteiger partial charge is 0.315 e. The van der Waals surface area contributed by atoms with Crippen molar-refractivity contribution in [1.82, 2.24) is 20.0 Å². The maximum atomic E-state index is 4.90. The summed E-state index contributed by atoms with van der Waals surface area (Å²) in [5, 5.41) is 14.2. The zero-order chi connectivity index (χ0) is 9.10.